The molecule has 29 heavy (non-hydrogen) atoms. The summed E-state index contributed by atoms with van der Waals surface area (Å²) in [4.78, 5) is 12.6. The summed E-state index contributed by atoms with van der Waals surface area (Å²) in [5, 5.41) is 1.44. The van der Waals surface area contributed by atoms with Crippen molar-refractivity contribution in [1.82, 2.24) is 0 Å². The van der Waals surface area contributed by atoms with Gasteiger partial charge in [-0.3, -0.25) is 4.79 Å². The fraction of sp³-hybridized carbons (Fsp3) is 0.318. The first kappa shape index (κ1) is 21.0. The molecule has 1 aromatic heterocycles. The Morgan fingerprint density at radius 3 is 2.28 bits per heavy atom. The molecule has 0 atom stereocenters. The van der Waals surface area contributed by atoms with E-state index >= 15 is 0 Å². The first-order valence-electron chi connectivity index (χ1n) is 9.18. The van der Waals surface area contributed by atoms with Crippen LogP contribution in [-0.4, -0.2) is 33.3 Å². The molecule has 0 unspecified atom stereocenters. The molecule has 0 spiro atoms. The zero-order chi connectivity index (χ0) is 20.8. The van der Waals surface area contributed by atoms with E-state index in [0.29, 0.717) is 51.9 Å². The van der Waals surface area contributed by atoms with E-state index in [1.165, 1.54) is 27.4 Å². The van der Waals surface area contributed by atoms with Crippen molar-refractivity contribution in [3.05, 3.63) is 46.6 Å². The van der Waals surface area contributed by atoms with Crippen LogP contribution in [0.15, 0.2) is 45.6 Å². The number of benzene rings is 2. The summed E-state index contributed by atoms with van der Waals surface area (Å²) in [6.07, 6.45) is 1.98. The van der Waals surface area contributed by atoms with Gasteiger partial charge in [0, 0.05) is 23.0 Å². The van der Waals surface area contributed by atoms with Crippen molar-refractivity contribution in [2.24, 2.45) is 0 Å². The highest BCUT2D eigenvalue weighted by Gasteiger charge is 2.16. The lowest BCUT2D eigenvalue weighted by atomic mass is 10.1. The summed E-state index contributed by atoms with van der Waals surface area (Å²) in [7, 11) is 4.61. The third-order valence-electron chi connectivity index (χ3n) is 4.45. The van der Waals surface area contributed by atoms with Crippen LogP contribution in [-0.2, 0) is 0 Å². The number of ether oxygens (including phenoxy) is 4. The van der Waals surface area contributed by atoms with Gasteiger partial charge in [-0.1, -0.05) is 15.9 Å². The van der Waals surface area contributed by atoms with Crippen LogP contribution in [0.5, 0.6) is 23.0 Å². The summed E-state index contributed by atoms with van der Waals surface area (Å²) in [6, 6.07) is 10.2. The Bertz CT molecular complexity index is 1020. The second-order valence-corrected chi connectivity index (χ2v) is 7.08. The van der Waals surface area contributed by atoms with E-state index in [2.05, 4.69) is 15.9 Å². The second-order valence-electron chi connectivity index (χ2n) is 6.29. The lowest BCUT2D eigenvalue weighted by molar-refractivity contribution is 0.310. The Kier molecular flexibility index (Phi) is 7.04. The number of alkyl halides is 1. The molecule has 6 nitrogen and oxygen atoms in total. The Balaban J connectivity index is 2.02. The van der Waals surface area contributed by atoms with Gasteiger partial charge in [0.15, 0.2) is 16.9 Å². The fourth-order valence-electron chi connectivity index (χ4n) is 2.98. The third kappa shape index (κ3) is 4.67. The number of hydrogen-bond donors (Lipinski definition) is 0. The molecule has 0 saturated heterocycles. The van der Waals surface area contributed by atoms with E-state index in [4.69, 9.17) is 23.4 Å². The van der Waals surface area contributed by atoms with Crippen LogP contribution in [0.4, 0.5) is 0 Å². The molecule has 154 valence electrons. The molecular weight excluding hydrogens is 440 g/mol. The molecule has 0 radical (unpaired) electrons. The number of methoxy groups -OCH3 is 3. The summed E-state index contributed by atoms with van der Waals surface area (Å²) in [5.74, 6) is 2.50. The average Bonchev–Trinajstić information content (AvgIpc) is 2.75. The quantitative estimate of drug-likeness (QED) is 0.327. The molecule has 3 rings (SSSR count). The molecule has 0 bridgehead atoms. The highest BCUT2D eigenvalue weighted by Crippen LogP contribution is 2.41. The number of hydrogen-bond acceptors (Lipinski definition) is 6. The smallest absolute Gasteiger partial charge is 0.203 e. The molecule has 0 fully saturated rings. The topological polar surface area (TPSA) is 67.1 Å². The summed E-state index contributed by atoms with van der Waals surface area (Å²) < 4.78 is 27.9. The largest absolute Gasteiger partial charge is 0.493 e. The van der Waals surface area contributed by atoms with Crippen molar-refractivity contribution < 1.29 is 23.4 Å². The van der Waals surface area contributed by atoms with Gasteiger partial charge in [-0.25, -0.2) is 0 Å². The van der Waals surface area contributed by atoms with Crippen molar-refractivity contribution in [3.63, 3.8) is 0 Å². The van der Waals surface area contributed by atoms with Crippen molar-refractivity contribution in [2.75, 3.05) is 33.3 Å². The van der Waals surface area contributed by atoms with Crippen LogP contribution in [0.1, 0.15) is 12.8 Å². The Morgan fingerprint density at radius 2 is 1.66 bits per heavy atom. The lowest BCUT2D eigenvalue weighted by Crippen LogP contribution is -2.02. The Hall–Kier alpha value is -2.67. The van der Waals surface area contributed by atoms with Gasteiger partial charge in [-0.15, -0.1) is 0 Å². The zero-order valence-corrected chi connectivity index (χ0v) is 18.2. The molecule has 3 aromatic rings. The van der Waals surface area contributed by atoms with E-state index in [-0.39, 0.29) is 5.43 Å². The van der Waals surface area contributed by atoms with Gasteiger partial charge in [0.2, 0.25) is 5.75 Å². The summed E-state index contributed by atoms with van der Waals surface area (Å²) in [6.45, 7) is 0.605. The molecular formula is C22H23BrO6. The second kappa shape index (κ2) is 9.69. The predicted molar refractivity (Wildman–Crippen MR) is 116 cm³/mol. The molecule has 0 aliphatic rings. The van der Waals surface area contributed by atoms with Gasteiger partial charge in [0.1, 0.15) is 17.1 Å². The van der Waals surface area contributed by atoms with Gasteiger partial charge >= 0.3 is 0 Å². The van der Waals surface area contributed by atoms with Crippen LogP contribution in [0, 0.1) is 0 Å². The fourth-order valence-corrected chi connectivity index (χ4v) is 3.37. The first-order chi connectivity index (χ1) is 14.1. The first-order valence-corrected chi connectivity index (χ1v) is 10.3. The van der Waals surface area contributed by atoms with Gasteiger partial charge in [-0.2, -0.15) is 0 Å². The van der Waals surface area contributed by atoms with Crippen LogP contribution in [0.2, 0.25) is 0 Å². The van der Waals surface area contributed by atoms with E-state index in [0.717, 1.165) is 18.2 Å². The van der Waals surface area contributed by atoms with Crippen LogP contribution >= 0.6 is 15.9 Å². The molecule has 0 amide bonds. The zero-order valence-electron chi connectivity index (χ0n) is 16.6. The molecule has 2 aromatic carbocycles. The van der Waals surface area contributed by atoms with Crippen molar-refractivity contribution in [1.29, 1.82) is 0 Å². The summed E-state index contributed by atoms with van der Waals surface area (Å²) in [5.41, 5.74) is 0.960. The van der Waals surface area contributed by atoms with E-state index in [1.807, 2.05) is 0 Å². The third-order valence-corrected chi connectivity index (χ3v) is 5.01. The molecule has 7 heteroatoms. The molecule has 0 aliphatic carbocycles. The maximum absolute atomic E-state index is 12.6. The molecule has 0 N–H and O–H groups in total. The Morgan fingerprint density at radius 1 is 0.931 bits per heavy atom. The monoisotopic (exact) mass is 462 g/mol. The molecule has 0 saturated carbocycles. The average molecular weight is 463 g/mol. The van der Waals surface area contributed by atoms with Crippen LogP contribution in [0.3, 0.4) is 0 Å². The highest BCUT2D eigenvalue weighted by molar-refractivity contribution is 9.09. The minimum absolute atomic E-state index is 0.138. The standard InChI is InChI=1S/C22H23BrO6/c1-25-20-10-14(11-21(26-2)22(20)27-3)18-13-17(24)16-7-6-15(12-19(16)29-18)28-9-5-4-8-23/h6-7,10-13H,4-5,8-9H2,1-3H3. The lowest BCUT2D eigenvalue weighted by Gasteiger charge is -2.14. The van der Waals surface area contributed by atoms with Crippen LogP contribution < -0.4 is 24.4 Å². The predicted octanol–water partition coefficient (Wildman–Crippen LogP) is 5.04. The SMILES string of the molecule is COc1cc(-c2cc(=O)c3ccc(OCCCCBr)cc3o2)cc(OC)c1OC. The van der Waals surface area contributed by atoms with Crippen molar-refractivity contribution in [2.45, 2.75) is 12.8 Å². The minimum Gasteiger partial charge on any atom is -0.493 e. The normalized spacial score (nSPS) is 10.8. The van der Waals surface area contributed by atoms with Gasteiger partial charge in [0.05, 0.1) is 33.3 Å². The minimum atomic E-state index is -0.138. The van der Waals surface area contributed by atoms with Crippen LogP contribution in [0.25, 0.3) is 22.3 Å². The summed E-state index contributed by atoms with van der Waals surface area (Å²) >= 11 is 3.40. The van der Waals surface area contributed by atoms with Gasteiger partial charge in [0.25, 0.3) is 0 Å². The maximum atomic E-state index is 12.6. The van der Waals surface area contributed by atoms with Gasteiger partial charge in [-0.05, 0) is 37.1 Å². The van der Waals surface area contributed by atoms with Gasteiger partial charge < -0.3 is 23.4 Å². The number of fused-ring (bicyclic) bond motifs is 1. The Labute approximate surface area is 177 Å². The van der Waals surface area contributed by atoms with E-state index < -0.39 is 0 Å². The number of unbranched alkanes of at least 4 members (excludes halogenated alkanes) is 1. The van der Waals surface area contributed by atoms with Crippen molar-refractivity contribution in [3.8, 4) is 34.3 Å². The van der Waals surface area contributed by atoms with Crippen molar-refractivity contribution >= 4 is 26.9 Å². The van der Waals surface area contributed by atoms with E-state index in [9.17, 15) is 4.79 Å². The molecule has 0 aliphatic heterocycles. The maximum Gasteiger partial charge on any atom is 0.203 e. The van der Waals surface area contributed by atoms with E-state index in [1.54, 1.807) is 30.3 Å². The highest BCUT2D eigenvalue weighted by atomic mass is 79.9. The number of halogens is 1. The number of rotatable bonds is 9. The molecule has 1 heterocycles.